The van der Waals surface area contributed by atoms with Gasteiger partial charge in [0.15, 0.2) is 0 Å². The van der Waals surface area contributed by atoms with Crippen molar-refractivity contribution in [1.82, 2.24) is 5.06 Å². The first kappa shape index (κ1) is 15.8. The summed E-state index contributed by atoms with van der Waals surface area (Å²) in [5.41, 5.74) is 1.04. The Labute approximate surface area is 120 Å². The van der Waals surface area contributed by atoms with E-state index in [9.17, 15) is 18.0 Å². The molecule has 0 spiro atoms. The van der Waals surface area contributed by atoms with Gasteiger partial charge in [0.05, 0.1) is 12.7 Å². The van der Waals surface area contributed by atoms with E-state index < -0.39 is 12.1 Å². The van der Waals surface area contributed by atoms with Gasteiger partial charge in [-0.05, 0) is 18.4 Å². The summed E-state index contributed by atoms with van der Waals surface area (Å²) >= 11 is 0. The molecule has 0 radical (unpaired) electrons. The predicted octanol–water partition coefficient (Wildman–Crippen LogP) is 2.69. The van der Waals surface area contributed by atoms with Gasteiger partial charge >= 0.3 is 12.1 Å². The highest BCUT2D eigenvalue weighted by Crippen LogP contribution is 2.20. The molecule has 0 unspecified atom stereocenters. The highest BCUT2D eigenvalue weighted by atomic mass is 19.4. The van der Waals surface area contributed by atoms with Crippen molar-refractivity contribution in [3.8, 4) is 0 Å². The molecule has 21 heavy (non-hydrogen) atoms. The Morgan fingerprint density at radius 2 is 1.81 bits per heavy atom. The van der Waals surface area contributed by atoms with Crippen LogP contribution in [0.5, 0.6) is 0 Å². The van der Waals surface area contributed by atoms with E-state index in [1.807, 2.05) is 30.3 Å². The van der Waals surface area contributed by atoms with Crippen molar-refractivity contribution in [3.63, 3.8) is 0 Å². The molecule has 1 aromatic rings. The zero-order chi connectivity index (χ0) is 15.3. The van der Waals surface area contributed by atoms with Gasteiger partial charge in [-0.15, -0.1) is 5.06 Å². The van der Waals surface area contributed by atoms with Crippen LogP contribution < -0.4 is 0 Å². The van der Waals surface area contributed by atoms with Crippen molar-refractivity contribution >= 4 is 5.97 Å². The lowest BCUT2D eigenvalue weighted by Gasteiger charge is -2.30. The van der Waals surface area contributed by atoms with Gasteiger partial charge in [0, 0.05) is 13.1 Å². The fourth-order valence-corrected chi connectivity index (χ4v) is 2.05. The minimum Gasteiger partial charge on any atom is -0.373 e. The molecule has 116 valence electrons. The number of benzene rings is 1. The van der Waals surface area contributed by atoms with Crippen molar-refractivity contribution in [2.75, 3.05) is 13.1 Å². The molecule has 0 atom stereocenters. The molecule has 7 heteroatoms. The van der Waals surface area contributed by atoms with Crippen LogP contribution >= 0.6 is 0 Å². The Morgan fingerprint density at radius 1 is 1.19 bits per heavy atom. The number of rotatable bonds is 4. The molecule has 0 bridgehead atoms. The van der Waals surface area contributed by atoms with E-state index in [0.29, 0.717) is 19.4 Å². The summed E-state index contributed by atoms with van der Waals surface area (Å²) in [5.74, 6) is -2.17. The molecule has 1 aliphatic rings. The Hall–Kier alpha value is -1.60. The largest absolute Gasteiger partial charge is 0.492 e. The Kier molecular flexibility index (Phi) is 5.19. The average molecular weight is 303 g/mol. The zero-order valence-corrected chi connectivity index (χ0v) is 11.3. The Morgan fingerprint density at radius 3 is 2.38 bits per heavy atom. The lowest BCUT2D eigenvalue weighted by atomic mass is 10.1. The molecule has 0 aromatic heterocycles. The molecule has 0 saturated carbocycles. The fraction of sp³-hybridized carbons (Fsp3) is 0.500. The standard InChI is InChI=1S/C14H16F3NO3/c15-14(16,17)13(19)21-18-8-6-12(7-9-18)20-10-11-4-2-1-3-5-11/h1-5,12H,6-10H2. The molecule has 2 rings (SSSR count). The topological polar surface area (TPSA) is 38.8 Å². The van der Waals surface area contributed by atoms with Crippen LogP contribution in [0.1, 0.15) is 18.4 Å². The van der Waals surface area contributed by atoms with E-state index in [0.717, 1.165) is 10.6 Å². The average Bonchev–Trinajstić information content (AvgIpc) is 2.46. The molecule has 1 aliphatic heterocycles. The van der Waals surface area contributed by atoms with Gasteiger partial charge in [-0.1, -0.05) is 30.3 Å². The summed E-state index contributed by atoms with van der Waals surface area (Å²) in [4.78, 5) is 15.0. The van der Waals surface area contributed by atoms with Gasteiger partial charge in [-0.3, -0.25) is 0 Å². The van der Waals surface area contributed by atoms with Crippen LogP contribution in [0.3, 0.4) is 0 Å². The molecule has 1 fully saturated rings. The molecular weight excluding hydrogens is 287 g/mol. The maximum Gasteiger partial charge on any atom is 0.492 e. The number of alkyl halides is 3. The number of piperidine rings is 1. The first-order valence-electron chi connectivity index (χ1n) is 6.65. The summed E-state index contributed by atoms with van der Waals surface area (Å²) in [7, 11) is 0. The third-order valence-corrected chi connectivity index (χ3v) is 3.17. The Bertz CT molecular complexity index is 456. The lowest BCUT2D eigenvalue weighted by molar-refractivity contribution is -0.244. The lowest BCUT2D eigenvalue weighted by Crippen LogP contribution is -2.41. The number of hydrogen-bond donors (Lipinski definition) is 0. The van der Waals surface area contributed by atoms with Crippen molar-refractivity contribution < 1.29 is 27.5 Å². The van der Waals surface area contributed by atoms with Gasteiger partial charge in [-0.2, -0.15) is 13.2 Å². The molecule has 1 saturated heterocycles. The van der Waals surface area contributed by atoms with E-state index in [2.05, 4.69) is 4.84 Å². The number of hydrogen-bond acceptors (Lipinski definition) is 4. The number of halogens is 3. The first-order valence-corrected chi connectivity index (χ1v) is 6.65. The maximum atomic E-state index is 12.1. The molecule has 0 amide bonds. The first-order chi connectivity index (χ1) is 9.95. The van der Waals surface area contributed by atoms with Crippen molar-refractivity contribution in [3.05, 3.63) is 35.9 Å². The van der Waals surface area contributed by atoms with Gasteiger partial charge in [0.1, 0.15) is 0 Å². The molecule has 1 heterocycles. The van der Waals surface area contributed by atoms with Gasteiger partial charge in [0.25, 0.3) is 0 Å². The van der Waals surface area contributed by atoms with Crippen LogP contribution in [0, 0.1) is 0 Å². The molecular formula is C14H16F3NO3. The monoisotopic (exact) mass is 303 g/mol. The third kappa shape index (κ3) is 5.02. The number of nitrogens with zero attached hydrogens (tertiary/aromatic N) is 1. The summed E-state index contributed by atoms with van der Waals surface area (Å²) in [5, 5.41) is 1.04. The molecule has 0 aliphatic carbocycles. The van der Waals surface area contributed by atoms with Gasteiger partial charge in [-0.25, -0.2) is 4.79 Å². The highest BCUT2D eigenvalue weighted by molar-refractivity contribution is 5.75. The van der Waals surface area contributed by atoms with E-state index >= 15 is 0 Å². The summed E-state index contributed by atoms with van der Waals surface area (Å²) in [6.45, 7) is 0.941. The second-order valence-corrected chi connectivity index (χ2v) is 4.80. The summed E-state index contributed by atoms with van der Waals surface area (Å²) in [6, 6.07) is 9.63. The van der Waals surface area contributed by atoms with Crippen molar-refractivity contribution in [2.24, 2.45) is 0 Å². The van der Waals surface area contributed by atoms with Crippen LogP contribution in [-0.2, 0) is 21.0 Å². The van der Waals surface area contributed by atoms with Crippen LogP contribution in [0.25, 0.3) is 0 Å². The van der Waals surface area contributed by atoms with Crippen molar-refractivity contribution in [2.45, 2.75) is 31.7 Å². The number of hydroxylamine groups is 2. The van der Waals surface area contributed by atoms with E-state index in [4.69, 9.17) is 4.74 Å². The number of ether oxygens (including phenoxy) is 1. The predicted molar refractivity (Wildman–Crippen MR) is 68.0 cm³/mol. The number of carbonyl (C=O) groups excluding carboxylic acids is 1. The zero-order valence-electron chi connectivity index (χ0n) is 11.3. The molecule has 1 aromatic carbocycles. The second-order valence-electron chi connectivity index (χ2n) is 4.80. The SMILES string of the molecule is O=C(ON1CCC(OCc2ccccc2)CC1)C(F)(F)F. The van der Waals surface area contributed by atoms with E-state index in [-0.39, 0.29) is 19.2 Å². The van der Waals surface area contributed by atoms with E-state index in [1.54, 1.807) is 0 Å². The quantitative estimate of drug-likeness (QED) is 0.857. The normalized spacial score (nSPS) is 17.7. The van der Waals surface area contributed by atoms with Crippen LogP contribution in [0.2, 0.25) is 0 Å². The van der Waals surface area contributed by atoms with Crippen LogP contribution in [0.15, 0.2) is 30.3 Å². The third-order valence-electron chi connectivity index (χ3n) is 3.17. The maximum absolute atomic E-state index is 12.1. The van der Waals surface area contributed by atoms with Gasteiger partial charge in [0.2, 0.25) is 0 Å². The van der Waals surface area contributed by atoms with Crippen LogP contribution in [0.4, 0.5) is 13.2 Å². The van der Waals surface area contributed by atoms with Crippen molar-refractivity contribution in [1.29, 1.82) is 0 Å². The smallest absolute Gasteiger partial charge is 0.373 e. The summed E-state index contributed by atoms with van der Waals surface area (Å²) in [6.07, 6.45) is -3.94. The molecule has 0 N–H and O–H groups in total. The van der Waals surface area contributed by atoms with Crippen LogP contribution in [-0.4, -0.2) is 36.4 Å². The fourth-order valence-electron chi connectivity index (χ4n) is 2.05. The highest BCUT2D eigenvalue weighted by Gasteiger charge is 2.42. The van der Waals surface area contributed by atoms with E-state index in [1.165, 1.54) is 0 Å². The number of carbonyl (C=O) groups is 1. The molecule has 4 nitrogen and oxygen atoms in total. The Balaban J connectivity index is 1.70. The minimum absolute atomic E-state index is 0.0361. The summed E-state index contributed by atoms with van der Waals surface area (Å²) < 4.78 is 41.9. The minimum atomic E-state index is -4.96. The van der Waals surface area contributed by atoms with Gasteiger partial charge < -0.3 is 9.57 Å². The second kappa shape index (κ2) is 6.91.